The first-order chi connectivity index (χ1) is 9.28. The van der Waals surface area contributed by atoms with E-state index < -0.39 is 0 Å². The van der Waals surface area contributed by atoms with Gasteiger partial charge in [-0.3, -0.25) is 0 Å². The number of ether oxygens (including phenoxy) is 2. The first kappa shape index (κ1) is 13.9. The number of rotatable bonds is 6. The molecule has 0 fully saturated rings. The van der Waals surface area contributed by atoms with Gasteiger partial charge >= 0.3 is 0 Å². The molecule has 0 aliphatic rings. The molecule has 2 aromatic rings. The van der Waals surface area contributed by atoms with E-state index in [0.29, 0.717) is 12.5 Å². The Balaban J connectivity index is 2.35. The summed E-state index contributed by atoms with van der Waals surface area (Å²) in [6.45, 7) is 0.533. The molecule has 19 heavy (non-hydrogen) atoms. The van der Waals surface area contributed by atoms with E-state index in [1.54, 1.807) is 20.4 Å². The Kier molecular flexibility index (Phi) is 4.82. The van der Waals surface area contributed by atoms with Crippen LogP contribution in [0.5, 0.6) is 5.75 Å². The van der Waals surface area contributed by atoms with Crippen LogP contribution in [0, 0.1) is 0 Å². The van der Waals surface area contributed by atoms with Crippen molar-refractivity contribution < 1.29 is 9.47 Å². The molecule has 1 unspecified atom stereocenters. The Labute approximate surface area is 117 Å². The number of aromatic nitrogens is 1. The van der Waals surface area contributed by atoms with Gasteiger partial charge in [0.05, 0.1) is 19.8 Å². The van der Waals surface area contributed by atoms with E-state index in [1.165, 1.54) is 0 Å². The lowest BCUT2D eigenvalue weighted by molar-refractivity contribution is 0.191. The molecule has 1 aromatic heterocycles. The average molecular weight is 281 g/mol. The average Bonchev–Trinajstić information content (AvgIpc) is 2.46. The van der Waals surface area contributed by atoms with Crippen molar-refractivity contribution in [3.8, 4) is 5.75 Å². The lowest BCUT2D eigenvalue weighted by Crippen LogP contribution is -2.27. The van der Waals surface area contributed by atoms with E-state index in [1.807, 2.05) is 24.3 Å². The number of nitrogens with zero attached hydrogens (tertiary/aromatic N) is 1. The third kappa shape index (κ3) is 3.28. The maximum absolute atomic E-state index is 5.91. The Hall–Kier alpha value is -1.52. The van der Waals surface area contributed by atoms with Crippen molar-refractivity contribution in [1.82, 2.24) is 4.98 Å². The molecule has 0 saturated carbocycles. The van der Waals surface area contributed by atoms with Gasteiger partial charge in [0.25, 0.3) is 0 Å². The van der Waals surface area contributed by atoms with E-state index in [-0.39, 0.29) is 6.04 Å². The van der Waals surface area contributed by atoms with Gasteiger partial charge in [-0.15, -0.1) is 11.6 Å². The second kappa shape index (κ2) is 6.59. The van der Waals surface area contributed by atoms with Crippen molar-refractivity contribution in [3.63, 3.8) is 0 Å². The first-order valence-corrected chi connectivity index (χ1v) is 6.56. The van der Waals surface area contributed by atoms with Crippen molar-refractivity contribution in [2.24, 2.45) is 0 Å². The zero-order valence-corrected chi connectivity index (χ0v) is 11.8. The Bertz CT molecular complexity index is 548. The lowest BCUT2D eigenvalue weighted by atomic mass is 10.1. The van der Waals surface area contributed by atoms with Crippen LogP contribution < -0.4 is 10.1 Å². The van der Waals surface area contributed by atoms with Gasteiger partial charge in [-0.05, 0) is 23.6 Å². The van der Waals surface area contributed by atoms with Crippen molar-refractivity contribution >= 4 is 28.2 Å². The van der Waals surface area contributed by atoms with Crippen LogP contribution in [0.4, 0.5) is 5.82 Å². The van der Waals surface area contributed by atoms with Crippen molar-refractivity contribution in [2.45, 2.75) is 6.04 Å². The van der Waals surface area contributed by atoms with Gasteiger partial charge in [0.15, 0.2) is 0 Å². The Morgan fingerprint density at radius 3 is 2.84 bits per heavy atom. The standard InChI is InChI=1S/C14H17ClN2O2/c1-18-9-11(8-15)17-14-13-7-12(19-2)4-3-10(13)5-6-16-14/h3-7,11H,8-9H2,1-2H3,(H,16,17). The number of pyridine rings is 1. The highest BCUT2D eigenvalue weighted by molar-refractivity contribution is 6.18. The van der Waals surface area contributed by atoms with Crippen LogP contribution in [0.1, 0.15) is 0 Å². The van der Waals surface area contributed by atoms with Gasteiger partial charge in [0, 0.05) is 24.6 Å². The fourth-order valence-electron chi connectivity index (χ4n) is 1.91. The molecule has 102 valence electrons. The molecule has 0 aliphatic heterocycles. The molecule has 0 radical (unpaired) electrons. The zero-order valence-electron chi connectivity index (χ0n) is 11.0. The van der Waals surface area contributed by atoms with E-state index in [2.05, 4.69) is 10.3 Å². The largest absolute Gasteiger partial charge is 0.497 e. The summed E-state index contributed by atoms with van der Waals surface area (Å²) in [6.07, 6.45) is 1.77. The third-order valence-corrected chi connectivity index (χ3v) is 3.24. The highest BCUT2D eigenvalue weighted by atomic mass is 35.5. The van der Waals surface area contributed by atoms with Crippen LogP contribution in [0.2, 0.25) is 0 Å². The minimum absolute atomic E-state index is 0.0240. The fourth-order valence-corrected chi connectivity index (χ4v) is 2.08. The summed E-state index contributed by atoms with van der Waals surface area (Å²) in [5.41, 5.74) is 0. The van der Waals surface area contributed by atoms with E-state index in [0.717, 1.165) is 22.3 Å². The summed E-state index contributed by atoms with van der Waals surface area (Å²) in [5.74, 6) is 2.05. The number of fused-ring (bicyclic) bond motifs is 1. The van der Waals surface area contributed by atoms with E-state index in [4.69, 9.17) is 21.1 Å². The van der Waals surface area contributed by atoms with Crippen LogP contribution >= 0.6 is 11.6 Å². The number of methoxy groups -OCH3 is 2. The van der Waals surface area contributed by atoms with Crippen LogP contribution in [-0.2, 0) is 4.74 Å². The summed E-state index contributed by atoms with van der Waals surface area (Å²) in [4.78, 5) is 4.37. The number of hydrogen-bond acceptors (Lipinski definition) is 4. The molecular weight excluding hydrogens is 264 g/mol. The second-order valence-corrected chi connectivity index (χ2v) is 4.51. The molecule has 0 amide bonds. The number of alkyl halides is 1. The van der Waals surface area contributed by atoms with Crippen LogP contribution in [0.3, 0.4) is 0 Å². The molecule has 0 spiro atoms. The molecular formula is C14H17ClN2O2. The highest BCUT2D eigenvalue weighted by Gasteiger charge is 2.10. The molecule has 0 bridgehead atoms. The number of halogens is 1. The summed E-state index contributed by atoms with van der Waals surface area (Å²) in [6, 6.07) is 7.89. The summed E-state index contributed by atoms with van der Waals surface area (Å²) in [5, 5.41) is 5.41. The molecule has 1 heterocycles. The molecule has 1 N–H and O–H groups in total. The maximum atomic E-state index is 5.91. The van der Waals surface area contributed by atoms with Gasteiger partial charge in [-0.1, -0.05) is 6.07 Å². The van der Waals surface area contributed by atoms with Crippen molar-refractivity contribution in [2.75, 3.05) is 32.0 Å². The Morgan fingerprint density at radius 2 is 2.16 bits per heavy atom. The van der Waals surface area contributed by atoms with Crippen LogP contribution in [0.15, 0.2) is 30.5 Å². The molecule has 4 nitrogen and oxygen atoms in total. The van der Waals surface area contributed by atoms with Gasteiger partial charge in [-0.25, -0.2) is 4.98 Å². The minimum atomic E-state index is 0.0240. The van der Waals surface area contributed by atoms with Crippen molar-refractivity contribution in [1.29, 1.82) is 0 Å². The normalized spacial score (nSPS) is 12.4. The summed E-state index contributed by atoms with van der Waals surface area (Å²) in [7, 11) is 3.30. The van der Waals surface area contributed by atoms with Gasteiger partial charge in [0.1, 0.15) is 11.6 Å². The monoisotopic (exact) mass is 280 g/mol. The van der Waals surface area contributed by atoms with E-state index in [9.17, 15) is 0 Å². The number of anilines is 1. The SMILES string of the molecule is COCC(CCl)Nc1nccc2ccc(OC)cc12. The first-order valence-electron chi connectivity index (χ1n) is 6.02. The second-order valence-electron chi connectivity index (χ2n) is 4.20. The summed E-state index contributed by atoms with van der Waals surface area (Å²) < 4.78 is 10.4. The topological polar surface area (TPSA) is 43.4 Å². The minimum Gasteiger partial charge on any atom is -0.497 e. The van der Waals surface area contributed by atoms with Gasteiger partial charge in [0.2, 0.25) is 0 Å². The molecule has 0 aliphatic carbocycles. The molecule has 2 rings (SSSR count). The molecule has 0 saturated heterocycles. The molecule has 1 aromatic carbocycles. The van der Waals surface area contributed by atoms with Crippen LogP contribution in [0.25, 0.3) is 10.8 Å². The van der Waals surface area contributed by atoms with Gasteiger partial charge < -0.3 is 14.8 Å². The van der Waals surface area contributed by atoms with Crippen molar-refractivity contribution in [3.05, 3.63) is 30.5 Å². The Morgan fingerprint density at radius 1 is 1.32 bits per heavy atom. The number of nitrogens with one attached hydrogen (secondary N) is 1. The predicted octanol–water partition coefficient (Wildman–Crippen LogP) is 2.91. The third-order valence-electron chi connectivity index (χ3n) is 2.87. The smallest absolute Gasteiger partial charge is 0.134 e. The van der Waals surface area contributed by atoms with E-state index >= 15 is 0 Å². The maximum Gasteiger partial charge on any atom is 0.134 e. The number of benzene rings is 1. The summed E-state index contributed by atoms with van der Waals surface area (Å²) >= 11 is 5.91. The van der Waals surface area contributed by atoms with Crippen LogP contribution in [-0.4, -0.2) is 37.7 Å². The molecule has 5 heteroatoms. The molecule has 1 atom stereocenters. The predicted molar refractivity (Wildman–Crippen MR) is 78.3 cm³/mol. The highest BCUT2D eigenvalue weighted by Crippen LogP contribution is 2.26. The fraction of sp³-hybridized carbons (Fsp3) is 0.357. The lowest BCUT2D eigenvalue weighted by Gasteiger charge is -2.17. The zero-order chi connectivity index (χ0) is 13.7. The quantitative estimate of drug-likeness (QED) is 0.827. The van der Waals surface area contributed by atoms with Gasteiger partial charge in [-0.2, -0.15) is 0 Å². The number of hydrogen-bond donors (Lipinski definition) is 1.